The van der Waals surface area contributed by atoms with Gasteiger partial charge in [-0.05, 0) is 24.6 Å². The molecule has 0 unspecified atom stereocenters. The van der Waals surface area contributed by atoms with Crippen molar-refractivity contribution in [3.05, 3.63) is 40.8 Å². The summed E-state index contributed by atoms with van der Waals surface area (Å²) in [5.74, 6) is 0.849. The summed E-state index contributed by atoms with van der Waals surface area (Å²) in [6, 6.07) is 5.79. The monoisotopic (exact) mass is 191 g/mol. The summed E-state index contributed by atoms with van der Waals surface area (Å²) < 4.78 is 2.50. The number of pyridine rings is 1. The first-order chi connectivity index (χ1) is 6.25. The highest BCUT2D eigenvalue weighted by Gasteiger charge is 1.95. The van der Waals surface area contributed by atoms with Crippen molar-refractivity contribution < 1.29 is 0 Å². The van der Waals surface area contributed by atoms with Gasteiger partial charge in [-0.1, -0.05) is 18.3 Å². The number of aromatic nitrogens is 3. The van der Waals surface area contributed by atoms with E-state index < -0.39 is 0 Å². The number of rotatable bonds is 1. The van der Waals surface area contributed by atoms with Gasteiger partial charge in [0.2, 0.25) is 0 Å². The van der Waals surface area contributed by atoms with Gasteiger partial charge in [0.05, 0.1) is 0 Å². The number of aromatic amines is 1. The summed E-state index contributed by atoms with van der Waals surface area (Å²) >= 11 is 4.95. The lowest BCUT2D eigenvalue weighted by Gasteiger charge is -2.00. The number of hydrogen-bond donors (Lipinski definition) is 1. The molecule has 0 fully saturated rings. The molecular formula is C9H9N3S. The molecule has 0 aliphatic rings. The smallest absolute Gasteiger partial charge is 0.151 e. The van der Waals surface area contributed by atoms with Crippen LogP contribution >= 0.6 is 12.2 Å². The van der Waals surface area contributed by atoms with E-state index in [9.17, 15) is 0 Å². The van der Waals surface area contributed by atoms with E-state index in [4.69, 9.17) is 12.2 Å². The molecule has 0 aliphatic heterocycles. The first kappa shape index (κ1) is 8.19. The topological polar surface area (TPSA) is 33.6 Å². The van der Waals surface area contributed by atoms with Gasteiger partial charge in [0, 0.05) is 12.4 Å². The van der Waals surface area contributed by atoms with Gasteiger partial charge in [-0.15, -0.1) is 0 Å². The molecule has 0 radical (unpaired) electrons. The van der Waals surface area contributed by atoms with Gasteiger partial charge < -0.3 is 0 Å². The summed E-state index contributed by atoms with van der Waals surface area (Å²) in [6.45, 7) is 2.01. The summed E-state index contributed by atoms with van der Waals surface area (Å²) in [5.41, 5.74) is 1.15. The Morgan fingerprint density at radius 2 is 2.23 bits per heavy atom. The first-order valence-corrected chi connectivity index (χ1v) is 4.37. The third-order valence-corrected chi connectivity index (χ3v) is 1.98. The average molecular weight is 191 g/mol. The summed E-state index contributed by atoms with van der Waals surface area (Å²) in [4.78, 5) is 4.25. The van der Waals surface area contributed by atoms with Crippen LogP contribution in [0, 0.1) is 11.6 Å². The number of nitrogens with zero attached hydrogens (tertiary/aromatic N) is 2. The van der Waals surface area contributed by atoms with Crippen LogP contribution in [0.4, 0.5) is 0 Å². The van der Waals surface area contributed by atoms with E-state index in [1.165, 1.54) is 0 Å². The normalized spacial score (nSPS) is 10.2. The average Bonchev–Trinajstić information content (AvgIpc) is 2.53. The van der Waals surface area contributed by atoms with Gasteiger partial charge in [-0.25, -0.2) is 9.67 Å². The Balaban J connectivity index is 2.47. The molecule has 66 valence electrons. The molecule has 2 heterocycles. The van der Waals surface area contributed by atoms with Crippen LogP contribution < -0.4 is 0 Å². The lowest BCUT2D eigenvalue weighted by Crippen LogP contribution is -1.97. The molecular weight excluding hydrogens is 182 g/mol. The van der Waals surface area contributed by atoms with E-state index in [0.29, 0.717) is 4.64 Å². The predicted octanol–water partition coefficient (Wildman–Crippen LogP) is 2.24. The lowest BCUT2D eigenvalue weighted by atomic mass is 10.3. The van der Waals surface area contributed by atoms with Crippen LogP contribution in [0.15, 0.2) is 30.6 Å². The summed E-state index contributed by atoms with van der Waals surface area (Å²) in [6.07, 6.45) is 3.69. The zero-order valence-corrected chi connectivity index (χ0v) is 8.01. The minimum absolute atomic E-state index is 0.711. The maximum atomic E-state index is 4.95. The molecule has 2 aromatic heterocycles. The van der Waals surface area contributed by atoms with Gasteiger partial charge in [-0.2, -0.15) is 0 Å². The molecule has 0 spiro atoms. The zero-order chi connectivity index (χ0) is 9.26. The van der Waals surface area contributed by atoms with Crippen molar-refractivity contribution in [2.45, 2.75) is 6.92 Å². The molecule has 2 aromatic rings. The highest BCUT2D eigenvalue weighted by Crippen LogP contribution is 2.03. The molecule has 1 N–H and O–H groups in total. The van der Waals surface area contributed by atoms with E-state index in [1.807, 2.05) is 37.5 Å². The Bertz CT molecular complexity index is 452. The highest BCUT2D eigenvalue weighted by molar-refractivity contribution is 7.71. The van der Waals surface area contributed by atoms with Crippen molar-refractivity contribution in [3.63, 3.8) is 0 Å². The zero-order valence-electron chi connectivity index (χ0n) is 7.19. The molecule has 0 saturated heterocycles. The van der Waals surface area contributed by atoms with Crippen molar-refractivity contribution >= 4 is 12.2 Å². The fourth-order valence-corrected chi connectivity index (χ4v) is 1.23. The van der Waals surface area contributed by atoms with Crippen molar-refractivity contribution in [1.29, 1.82) is 0 Å². The van der Waals surface area contributed by atoms with E-state index in [2.05, 4.69) is 10.1 Å². The quantitative estimate of drug-likeness (QED) is 0.701. The van der Waals surface area contributed by atoms with E-state index >= 15 is 0 Å². The molecule has 0 aromatic carbocycles. The standard InChI is InChI=1S/C9H9N3S/c1-7-2-3-8(10-6-7)12-5-4-9(13)11-12/h2-6H,1H3,(H,11,13). The molecule has 0 bridgehead atoms. The molecule has 13 heavy (non-hydrogen) atoms. The fraction of sp³-hybridized carbons (Fsp3) is 0.111. The van der Waals surface area contributed by atoms with Gasteiger partial charge >= 0.3 is 0 Å². The third-order valence-electron chi connectivity index (χ3n) is 1.75. The number of H-pyrrole nitrogens is 1. The molecule has 0 aliphatic carbocycles. The molecule has 3 nitrogen and oxygen atoms in total. The largest absolute Gasteiger partial charge is 0.282 e. The van der Waals surface area contributed by atoms with Crippen LogP contribution in [0.3, 0.4) is 0 Å². The number of hydrogen-bond acceptors (Lipinski definition) is 2. The molecule has 2 rings (SSSR count). The molecule has 0 amide bonds. The third kappa shape index (κ3) is 1.67. The van der Waals surface area contributed by atoms with Gasteiger partial charge in [-0.3, -0.25) is 5.10 Å². The second-order valence-corrected chi connectivity index (χ2v) is 3.30. The number of nitrogens with one attached hydrogen (secondary N) is 1. The number of aryl methyl sites for hydroxylation is 1. The van der Waals surface area contributed by atoms with E-state index in [-0.39, 0.29) is 0 Å². The van der Waals surface area contributed by atoms with Crippen LogP contribution in [0.1, 0.15) is 5.56 Å². The van der Waals surface area contributed by atoms with Crippen LogP contribution in [0.25, 0.3) is 5.82 Å². The van der Waals surface area contributed by atoms with Gasteiger partial charge in [0.15, 0.2) is 5.82 Å². The van der Waals surface area contributed by atoms with Crippen molar-refractivity contribution in [2.24, 2.45) is 0 Å². The fourth-order valence-electron chi connectivity index (χ4n) is 1.07. The van der Waals surface area contributed by atoms with Crippen molar-refractivity contribution in [2.75, 3.05) is 0 Å². The van der Waals surface area contributed by atoms with Crippen molar-refractivity contribution in [1.82, 2.24) is 14.8 Å². The second-order valence-electron chi connectivity index (χ2n) is 2.86. The van der Waals surface area contributed by atoms with Gasteiger partial charge in [0.1, 0.15) is 4.64 Å². The predicted molar refractivity (Wildman–Crippen MR) is 53.5 cm³/mol. The summed E-state index contributed by atoms with van der Waals surface area (Å²) in [5, 5.41) is 2.98. The maximum absolute atomic E-state index is 4.95. The van der Waals surface area contributed by atoms with Crippen LogP contribution in [-0.4, -0.2) is 14.8 Å². The Morgan fingerprint density at radius 3 is 2.77 bits per heavy atom. The Kier molecular flexibility index (Phi) is 1.98. The van der Waals surface area contributed by atoms with Crippen LogP contribution in [0.2, 0.25) is 0 Å². The van der Waals surface area contributed by atoms with Crippen LogP contribution in [0.5, 0.6) is 0 Å². The van der Waals surface area contributed by atoms with Gasteiger partial charge in [0.25, 0.3) is 0 Å². The second kappa shape index (κ2) is 3.14. The SMILES string of the molecule is Cc1ccc(-n2ccc(=S)[nH]2)nc1. The maximum Gasteiger partial charge on any atom is 0.151 e. The van der Waals surface area contributed by atoms with E-state index in [0.717, 1.165) is 11.4 Å². The first-order valence-electron chi connectivity index (χ1n) is 3.96. The Morgan fingerprint density at radius 1 is 1.38 bits per heavy atom. The Labute approximate surface area is 81.0 Å². The van der Waals surface area contributed by atoms with Crippen molar-refractivity contribution in [3.8, 4) is 5.82 Å². The lowest BCUT2D eigenvalue weighted by molar-refractivity contribution is 0.840. The molecule has 0 saturated carbocycles. The molecule has 4 heteroatoms. The van der Waals surface area contributed by atoms with E-state index in [1.54, 1.807) is 4.68 Å². The Hall–Kier alpha value is -1.42. The molecule has 0 atom stereocenters. The minimum atomic E-state index is 0.711. The minimum Gasteiger partial charge on any atom is -0.282 e. The van der Waals surface area contributed by atoms with Crippen LogP contribution in [-0.2, 0) is 0 Å². The summed E-state index contributed by atoms with van der Waals surface area (Å²) in [7, 11) is 0. The highest BCUT2D eigenvalue weighted by atomic mass is 32.1.